The number of piperidine rings is 1. The minimum atomic E-state index is -0.430. The number of hydrogen-bond acceptors (Lipinski definition) is 3. The lowest BCUT2D eigenvalue weighted by Crippen LogP contribution is -2.48. The number of β-amino-alcohol motifs (C(OH)–C–C–N with tert-alkyl or cyclic N) is 1. The first kappa shape index (κ1) is 18.7. The second kappa shape index (κ2) is 9.05. The van der Waals surface area contributed by atoms with Gasteiger partial charge in [-0.3, -0.25) is 4.90 Å². The number of likely N-dealkylation sites (tertiary alicyclic amines) is 1. The van der Waals surface area contributed by atoms with Gasteiger partial charge in [-0.1, -0.05) is 37.8 Å². The fraction of sp³-hybridized carbons (Fsp3) is 0.727. The first-order valence-electron chi connectivity index (χ1n) is 10.3. The highest BCUT2D eigenvalue weighted by atomic mass is 16.5. The number of rotatable bonds is 6. The van der Waals surface area contributed by atoms with E-state index in [2.05, 4.69) is 43.0 Å². The molecular weight excluding hydrogens is 310 g/mol. The zero-order valence-corrected chi connectivity index (χ0v) is 16.0. The van der Waals surface area contributed by atoms with Crippen molar-refractivity contribution in [3.05, 3.63) is 29.8 Å². The van der Waals surface area contributed by atoms with Crippen LogP contribution in [0.4, 0.5) is 0 Å². The van der Waals surface area contributed by atoms with Gasteiger partial charge in [0.1, 0.15) is 18.5 Å². The first-order chi connectivity index (χ1) is 12.1. The van der Waals surface area contributed by atoms with E-state index >= 15 is 0 Å². The minimum Gasteiger partial charge on any atom is -0.491 e. The standard InChI is InChI=1S/C22H35NO2/c1-17-7-6-8-18(2)23(17)15-21(24)16-25-22-13-11-20(12-14-22)19-9-4-3-5-10-19/h11-14,17-19,21,24H,3-10,15-16H2,1-2H3/t17-,18+,21-/m0/s1. The molecule has 1 aliphatic carbocycles. The summed E-state index contributed by atoms with van der Waals surface area (Å²) in [6.07, 6.45) is 10.1. The monoisotopic (exact) mass is 345 g/mol. The Bertz CT molecular complexity index is 499. The van der Waals surface area contributed by atoms with Crippen LogP contribution in [-0.2, 0) is 0 Å². The smallest absolute Gasteiger partial charge is 0.119 e. The van der Waals surface area contributed by atoms with Crippen molar-refractivity contribution in [1.82, 2.24) is 4.90 Å². The molecule has 0 spiro atoms. The number of ether oxygens (including phenoxy) is 1. The maximum Gasteiger partial charge on any atom is 0.119 e. The van der Waals surface area contributed by atoms with Crippen LogP contribution in [0.2, 0.25) is 0 Å². The minimum absolute atomic E-state index is 0.374. The Hall–Kier alpha value is -1.06. The highest BCUT2D eigenvalue weighted by Gasteiger charge is 2.26. The van der Waals surface area contributed by atoms with Crippen LogP contribution in [0.5, 0.6) is 5.75 Å². The molecule has 25 heavy (non-hydrogen) atoms. The quantitative estimate of drug-likeness (QED) is 0.808. The van der Waals surface area contributed by atoms with Gasteiger partial charge in [0.05, 0.1) is 0 Å². The van der Waals surface area contributed by atoms with Crippen molar-refractivity contribution in [2.75, 3.05) is 13.2 Å². The molecule has 0 bridgehead atoms. The molecule has 2 fully saturated rings. The summed E-state index contributed by atoms with van der Waals surface area (Å²) in [5, 5.41) is 10.4. The predicted octanol–water partition coefficient (Wildman–Crippen LogP) is 4.74. The molecule has 3 heteroatoms. The summed E-state index contributed by atoms with van der Waals surface area (Å²) in [6, 6.07) is 9.70. The van der Waals surface area contributed by atoms with Crippen LogP contribution < -0.4 is 4.74 Å². The van der Waals surface area contributed by atoms with E-state index in [0.717, 1.165) is 11.7 Å². The summed E-state index contributed by atoms with van der Waals surface area (Å²) in [7, 11) is 0. The van der Waals surface area contributed by atoms with Crippen LogP contribution in [-0.4, -0.2) is 41.3 Å². The van der Waals surface area contributed by atoms with Crippen molar-refractivity contribution in [3.63, 3.8) is 0 Å². The molecule has 140 valence electrons. The molecule has 0 aromatic heterocycles. The zero-order chi connectivity index (χ0) is 17.6. The van der Waals surface area contributed by atoms with Gasteiger partial charge in [-0.2, -0.15) is 0 Å². The fourth-order valence-electron chi connectivity index (χ4n) is 4.60. The molecule has 1 aromatic carbocycles. The molecule has 1 saturated carbocycles. The maximum atomic E-state index is 10.4. The predicted molar refractivity (Wildman–Crippen MR) is 103 cm³/mol. The van der Waals surface area contributed by atoms with Crippen molar-refractivity contribution < 1.29 is 9.84 Å². The van der Waals surface area contributed by atoms with E-state index in [4.69, 9.17) is 4.74 Å². The normalized spacial score (nSPS) is 27.2. The van der Waals surface area contributed by atoms with Gasteiger partial charge >= 0.3 is 0 Å². The van der Waals surface area contributed by atoms with Crippen LogP contribution in [0.3, 0.4) is 0 Å². The molecule has 0 amide bonds. The Labute approximate surface area is 153 Å². The SMILES string of the molecule is C[C@@H]1CCC[C@H](C)N1C[C@H](O)COc1ccc(C2CCCCC2)cc1. The van der Waals surface area contributed by atoms with Crippen LogP contribution >= 0.6 is 0 Å². The lowest BCUT2D eigenvalue weighted by molar-refractivity contribution is 0.0209. The van der Waals surface area contributed by atoms with Gasteiger partial charge < -0.3 is 9.84 Å². The van der Waals surface area contributed by atoms with Gasteiger partial charge in [-0.15, -0.1) is 0 Å². The summed E-state index contributed by atoms with van der Waals surface area (Å²) < 4.78 is 5.85. The third-order valence-corrected chi connectivity index (χ3v) is 6.20. The lowest BCUT2D eigenvalue weighted by atomic mass is 9.84. The van der Waals surface area contributed by atoms with E-state index in [9.17, 15) is 5.11 Å². The molecule has 3 nitrogen and oxygen atoms in total. The topological polar surface area (TPSA) is 32.7 Å². The Morgan fingerprint density at radius 1 is 0.960 bits per heavy atom. The Balaban J connectivity index is 1.46. The second-order valence-corrected chi connectivity index (χ2v) is 8.19. The molecule has 1 heterocycles. The van der Waals surface area contributed by atoms with Crippen LogP contribution in [0.25, 0.3) is 0 Å². The number of aliphatic hydroxyl groups is 1. The molecule has 0 unspecified atom stereocenters. The Morgan fingerprint density at radius 3 is 2.24 bits per heavy atom. The highest BCUT2D eigenvalue weighted by molar-refractivity contribution is 5.29. The third kappa shape index (κ3) is 5.21. The number of nitrogens with zero attached hydrogens (tertiary/aromatic N) is 1. The van der Waals surface area contributed by atoms with Crippen molar-refractivity contribution in [2.45, 2.75) is 89.3 Å². The lowest BCUT2D eigenvalue weighted by Gasteiger charge is -2.40. The van der Waals surface area contributed by atoms with Crippen molar-refractivity contribution in [3.8, 4) is 5.75 Å². The van der Waals surface area contributed by atoms with E-state index in [1.165, 1.54) is 56.9 Å². The van der Waals surface area contributed by atoms with Gasteiger partial charge in [0.25, 0.3) is 0 Å². The molecular formula is C22H35NO2. The average Bonchev–Trinajstić information content (AvgIpc) is 2.64. The molecule has 2 aliphatic rings. The summed E-state index contributed by atoms with van der Waals surface area (Å²) in [4.78, 5) is 2.43. The first-order valence-corrected chi connectivity index (χ1v) is 10.3. The summed E-state index contributed by atoms with van der Waals surface area (Å²) in [5.74, 6) is 1.61. The molecule has 3 rings (SSSR count). The number of hydrogen-bond donors (Lipinski definition) is 1. The number of benzene rings is 1. The van der Waals surface area contributed by atoms with E-state index < -0.39 is 6.10 Å². The summed E-state index contributed by atoms with van der Waals surface area (Å²) in [5.41, 5.74) is 1.45. The Morgan fingerprint density at radius 2 is 1.60 bits per heavy atom. The maximum absolute atomic E-state index is 10.4. The van der Waals surface area contributed by atoms with Crippen LogP contribution in [0, 0.1) is 0 Å². The largest absolute Gasteiger partial charge is 0.491 e. The van der Waals surface area contributed by atoms with E-state index in [1.807, 2.05) is 0 Å². The van der Waals surface area contributed by atoms with E-state index in [0.29, 0.717) is 25.2 Å². The fourth-order valence-corrected chi connectivity index (χ4v) is 4.60. The van der Waals surface area contributed by atoms with E-state index in [1.54, 1.807) is 0 Å². The van der Waals surface area contributed by atoms with Gasteiger partial charge in [0.15, 0.2) is 0 Å². The van der Waals surface area contributed by atoms with Crippen molar-refractivity contribution in [2.24, 2.45) is 0 Å². The molecule has 1 saturated heterocycles. The van der Waals surface area contributed by atoms with Gasteiger partial charge in [0.2, 0.25) is 0 Å². The summed E-state index contributed by atoms with van der Waals surface area (Å²) in [6.45, 7) is 5.63. The van der Waals surface area contributed by atoms with Crippen LogP contribution in [0.15, 0.2) is 24.3 Å². The summed E-state index contributed by atoms with van der Waals surface area (Å²) >= 11 is 0. The Kier molecular flexibility index (Phi) is 6.77. The van der Waals surface area contributed by atoms with Gasteiger partial charge in [-0.25, -0.2) is 0 Å². The van der Waals surface area contributed by atoms with E-state index in [-0.39, 0.29) is 0 Å². The van der Waals surface area contributed by atoms with Crippen LogP contribution in [0.1, 0.15) is 76.7 Å². The molecule has 1 N–H and O–H groups in total. The zero-order valence-electron chi connectivity index (χ0n) is 16.0. The van der Waals surface area contributed by atoms with Crippen molar-refractivity contribution >= 4 is 0 Å². The highest BCUT2D eigenvalue weighted by Crippen LogP contribution is 2.33. The number of aliphatic hydroxyl groups excluding tert-OH is 1. The third-order valence-electron chi connectivity index (χ3n) is 6.20. The van der Waals surface area contributed by atoms with Crippen molar-refractivity contribution in [1.29, 1.82) is 0 Å². The average molecular weight is 346 g/mol. The molecule has 0 radical (unpaired) electrons. The molecule has 1 aliphatic heterocycles. The van der Waals surface area contributed by atoms with Gasteiger partial charge in [-0.05, 0) is 63.1 Å². The second-order valence-electron chi connectivity index (χ2n) is 8.19. The van der Waals surface area contributed by atoms with Gasteiger partial charge in [0, 0.05) is 18.6 Å². The molecule has 1 aromatic rings. The molecule has 3 atom stereocenters.